The van der Waals surface area contributed by atoms with Crippen molar-refractivity contribution in [3.63, 3.8) is 0 Å². The summed E-state index contributed by atoms with van der Waals surface area (Å²) in [7, 11) is 2.13. The third-order valence-electron chi connectivity index (χ3n) is 8.33. The number of aryl methyl sites for hydroxylation is 1. The van der Waals surface area contributed by atoms with E-state index in [-0.39, 0.29) is 29.2 Å². The first-order valence-corrected chi connectivity index (χ1v) is 15.7. The van der Waals surface area contributed by atoms with Crippen LogP contribution in [-0.4, -0.2) is 63.9 Å². The van der Waals surface area contributed by atoms with E-state index in [1.807, 2.05) is 30.9 Å². The molecule has 0 radical (unpaired) electrons. The largest absolute Gasteiger partial charge is 0.338 e. The minimum absolute atomic E-state index is 0.00940. The molecule has 0 bridgehead atoms. The van der Waals surface area contributed by atoms with E-state index in [0.717, 1.165) is 71.1 Å². The lowest BCUT2D eigenvalue weighted by Crippen LogP contribution is -2.40. The molecule has 5 rings (SSSR count). The topological polar surface area (TPSA) is 102 Å². The number of allylic oxidation sites excluding steroid dienone is 1. The van der Waals surface area contributed by atoms with E-state index in [1.54, 1.807) is 12.3 Å². The summed E-state index contributed by atoms with van der Waals surface area (Å²) in [4.78, 5) is 43.4. The number of carbonyl (C=O) groups is 2. The maximum absolute atomic E-state index is 13.0. The molecule has 0 spiro atoms. The van der Waals surface area contributed by atoms with E-state index in [0.29, 0.717) is 35.5 Å². The summed E-state index contributed by atoms with van der Waals surface area (Å²) >= 11 is 12.5. The van der Waals surface area contributed by atoms with Crippen molar-refractivity contribution >= 4 is 51.3 Å². The number of piperidine rings is 1. The van der Waals surface area contributed by atoms with Gasteiger partial charge in [0.2, 0.25) is 5.91 Å². The Hall–Kier alpha value is -2.94. The van der Waals surface area contributed by atoms with Gasteiger partial charge in [-0.2, -0.15) is 5.10 Å². The summed E-state index contributed by atoms with van der Waals surface area (Å²) in [5.74, 6) is 0.0876. The Kier molecular flexibility index (Phi) is 10.6. The van der Waals surface area contributed by atoms with Crippen LogP contribution in [0.25, 0.3) is 15.9 Å². The van der Waals surface area contributed by atoms with Crippen LogP contribution in [0.4, 0.5) is 0 Å². The maximum atomic E-state index is 13.0. The molecule has 2 aromatic heterocycles. The Morgan fingerprint density at radius 3 is 2.51 bits per heavy atom. The normalized spacial score (nSPS) is 18.7. The third-order valence-corrected chi connectivity index (χ3v) is 9.04. The molecule has 4 heterocycles. The van der Waals surface area contributed by atoms with E-state index >= 15 is 0 Å². The molecule has 0 aliphatic carbocycles. The monoisotopic (exact) mass is 627 g/mol. The van der Waals surface area contributed by atoms with Crippen molar-refractivity contribution in [2.24, 2.45) is 11.3 Å². The second-order valence-corrected chi connectivity index (χ2v) is 13.9. The number of halogens is 2. The molecule has 1 atom stereocenters. The fraction of sp³-hybridized carbons (Fsp3) is 0.515. The number of carbonyl (C=O) groups excluding carboxylic acids is 2. The zero-order valence-electron chi connectivity index (χ0n) is 26.0. The van der Waals surface area contributed by atoms with Crippen LogP contribution in [0.1, 0.15) is 80.8 Å². The van der Waals surface area contributed by atoms with Gasteiger partial charge in [0.1, 0.15) is 6.29 Å². The fourth-order valence-corrected chi connectivity index (χ4v) is 6.58. The summed E-state index contributed by atoms with van der Waals surface area (Å²) in [5.41, 5.74) is 5.59. The van der Waals surface area contributed by atoms with Gasteiger partial charge in [-0.3, -0.25) is 14.7 Å². The third kappa shape index (κ3) is 7.78. The summed E-state index contributed by atoms with van der Waals surface area (Å²) < 4.78 is 0. The number of aromatic amines is 2. The molecule has 1 amide bonds. The molecule has 1 fully saturated rings. The van der Waals surface area contributed by atoms with Crippen LogP contribution in [0.15, 0.2) is 29.2 Å². The van der Waals surface area contributed by atoms with Crippen molar-refractivity contribution in [2.45, 2.75) is 72.8 Å². The average Bonchev–Trinajstić information content (AvgIpc) is 3.41. The predicted octanol–water partition coefficient (Wildman–Crippen LogP) is 6.44. The smallest absolute Gasteiger partial charge is 0.251 e. The van der Waals surface area contributed by atoms with Gasteiger partial charge in [-0.25, -0.2) is 0 Å². The van der Waals surface area contributed by atoms with Crippen molar-refractivity contribution in [1.29, 1.82) is 0 Å². The van der Waals surface area contributed by atoms with E-state index in [2.05, 4.69) is 47.9 Å². The van der Waals surface area contributed by atoms with Gasteiger partial charge >= 0.3 is 0 Å². The maximum Gasteiger partial charge on any atom is 0.251 e. The lowest BCUT2D eigenvalue weighted by molar-refractivity contribution is -0.138. The average molecular weight is 629 g/mol. The molecule has 1 saturated heterocycles. The molecule has 1 aromatic carbocycles. The molecule has 0 saturated carbocycles. The first-order valence-electron chi connectivity index (χ1n) is 14.9. The Morgan fingerprint density at radius 2 is 1.88 bits per heavy atom. The summed E-state index contributed by atoms with van der Waals surface area (Å²) in [6, 6.07) is 3.92. The van der Waals surface area contributed by atoms with Crippen LogP contribution in [0.3, 0.4) is 0 Å². The predicted molar refractivity (Wildman–Crippen MR) is 175 cm³/mol. The second kappa shape index (κ2) is 13.8. The fourth-order valence-electron chi connectivity index (χ4n) is 6.11. The molecular weight excluding hydrogens is 585 g/mol. The number of benzene rings is 1. The van der Waals surface area contributed by atoms with Gasteiger partial charge in [-0.05, 0) is 93.4 Å². The Morgan fingerprint density at radius 1 is 1.19 bits per heavy atom. The van der Waals surface area contributed by atoms with Crippen LogP contribution in [0, 0.1) is 18.3 Å². The standard InChI is InChI=1S/C18H22ClN3O2.C15H21ClN2O/c1-18(2,3)10-22-9-14-12(6-11(4-5-23)17(22)24)7-15(19)16-13(14)8-20-21-16;1-4-13(16)14-10(2)9-12(15(19)17-14)11-5-7-18(3)8-6-11/h5,7-8,11H,4,6,9-10H2,1-3H3,(H,20,21);4,9,11H,5-8H2,1-3H3,(H,17,19)/b;13-4+. The Balaban J connectivity index is 0.000000203. The number of H-pyrrole nitrogens is 2. The van der Waals surface area contributed by atoms with Crippen molar-refractivity contribution in [1.82, 2.24) is 25.0 Å². The number of nitrogens with zero attached hydrogens (tertiary/aromatic N) is 3. The highest BCUT2D eigenvalue weighted by molar-refractivity contribution is 6.48. The molecule has 1 unspecified atom stereocenters. The molecule has 2 aliphatic heterocycles. The van der Waals surface area contributed by atoms with E-state index in [1.165, 1.54) is 0 Å². The van der Waals surface area contributed by atoms with Crippen molar-refractivity contribution < 1.29 is 9.59 Å². The number of rotatable bonds is 5. The number of hydrogen-bond acceptors (Lipinski definition) is 5. The van der Waals surface area contributed by atoms with Crippen molar-refractivity contribution in [2.75, 3.05) is 26.7 Å². The zero-order chi connectivity index (χ0) is 31.5. The highest BCUT2D eigenvalue weighted by Crippen LogP contribution is 2.35. The van der Waals surface area contributed by atoms with Gasteiger partial charge < -0.3 is 19.6 Å². The lowest BCUT2D eigenvalue weighted by Gasteiger charge is -2.31. The zero-order valence-corrected chi connectivity index (χ0v) is 27.5. The highest BCUT2D eigenvalue weighted by atomic mass is 35.5. The first kappa shape index (κ1) is 33.0. The minimum Gasteiger partial charge on any atom is -0.338 e. The van der Waals surface area contributed by atoms with Crippen LogP contribution in [0.5, 0.6) is 0 Å². The number of hydrogen-bond donors (Lipinski definition) is 2. The van der Waals surface area contributed by atoms with Gasteiger partial charge in [-0.1, -0.05) is 50.0 Å². The van der Waals surface area contributed by atoms with Crippen molar-refractivity contribution in [3.05, 3.63) is 67.7 Å². The second-order valence-electron chi connectivity index (χ2n) is 13.0. The summed E-state index contributed by atoms with van der Waals surface area (Å²) in [6.45, 7) is 13.5. The van der Waals surface area contributed by atoms with Gasteiger partial charge in [0.25, 0.3) is 5.56 Å². The van der Waals surface area contributed by atoms with E-state index in [4.69, 9.17) is 23.2 Å². The molecule has 232 valence electrons. The van der Waals surface area contributed by atoms with Crippen molar-refractivity contribution in [3.8, 4) is 0 Å². The number of likely N-dealkylation sites (tertiary alicyclic amines) is 1. The molecule has 8 nitrogen and oxygen atoms in total. The SMILES string of the molecule is C/C=C(/Cl)c1[nH]c(=O)c(C2CCN(C)CC2)cc1C.CC(C)(C)CN1Cc2c(cc(Cl)c3[nH]ncc23)CC(CC=O)C1=O. The van der Waals surface area contributed by atoms with Crippen LogP contribution in [0.2, 0.25) is 5.02 Å². The molecule has 2 N–H and O–H groups in total. The molecule has 43 heavy (non-hydrogen) atoms. The summed E-state index contributed by atoms with van der Waals surface area (Å²) in [6.07, 6.45) is 7.27. The number of nitrogens with one attached hydrogen (secondary N) is 2. The van der Waals surface area contributed by atoms with Crippen LogP contribution < -0.4 is 5.56 Å². The van der Waals surface area contributed by atoms with Gasteiger partial charge in [0, 0.05) is 36.4 Å². The number of pyridine rings is 1. The highest BCUT2D eigenvalue weighted by Gasteiger charge is 2.33. The van der Waals surface area contributed by atoms with Crippen LogP contribution in [-0.2, 0) is 22.6 Å². The number of fused-ring (bicyclic) bond motifs is 3. The molecule has 10 heteroatoms. The molecule has 2 aliphatic rings. The summed E-state index contributed by atoms with van der Waals surface area (Å²) in [5, 5.41) is 9.19. The van der Waals surface area contributed by atoms with E-state index in [9.17, 15) is 14.4 Å². The Labute approximate surface area is 263 Å². The Bertz CT molecular complexity index is 1560. The van der Waals surface area contributed by atoms with Crippen LogP contribution >= 0.6 is 23.2 Å². The number of amides is 1. The van der Waals surface area contributed by atoms with Gasteiger partial charge in [-0.15, -0.1) is 0 Å². The quantitative estimate of drug-likeness (QED) is 0.317. The number of aldehydes is 1. The van der Waals surface area contributed by atoms with E-state index < -0.39 is 0 Å². The molecular formula is C33H43Cl2N5O3. The first-order chi connectivity index (χ1) is 20.3. The number of aromatic nitrogens is 3. The lowest BCUT2D eigenvalue weighted by atomic mass is 9.89. The molecule has 3 aromatic rings. The van der Waals surface area contributed by atoms with Gasteiger partial charge in [0.05, 0.1) is 27.5 Å². The minimum atomic E-state index is -0.327. The van der Waals surface area contributed by atoms with Gasteiger partial charge in [0.15, 0.2) is 0 Å².